The first-order valence-electron chi connectivity index (χ1n) is 10.7. The second-order valence-electron chi connectivity index (χ2n) is 7.65. The molecule has 0 saturated carbocycles. The van der Waals surface area contributed by atoms with E-state index < -0.39 is 28.8 Å². The van der Waals surface area contributed by atoms with Crippen molar-refractivity contribution >= 4 is 29.2 Å². The van der Waals surface area contributed by atoms with E-state index in [0.29, 0.717) is 16.9 Å². The fourth-order valence-electron chi connectivity index (χ4n) is 4.81. The van der Waals surface area contributed by atoms with Crippen LogP contribution in [-0.4, -0.2) is 44.7 Å². The molecule has 0 aromatic heterocycles. The molecule has 2 aromatic carbocycles. The van der Waals surface area contributed by atoms with E-state index in [1.54, 1.807) is 69.4 Å². The Balaban J connectivity index is 2.10. The third kappa shape index (κ3) is 2.75. The van der Waals surface area contributed by atoms with Gasteiger partial charge in [-0.2, -0.15) is 0 Å². The summed E-state index contributed by atoms with van der Waals surface area (Å²) in [5, 5.41) is 1.40. The van der Waals surface area contributed by atoms with Gasteiger partial charge in [-0.05, 0) is 32.0 Å². The van der Waals surface area contributed by atoms with Crippen molar-refractivity contribution in [3.8, 4) is 0 Å². The van der Waals surface area contributed by atoms with Crippen LogP contribution in [0.15, 0.2) is 54.6 Å². The normalized spacial score (nSPS) is 21.4. The molecule has 1 saturated heterocycles. The predicted octanol–water partition coefficient (Wildman–Crippen LogP) is 2.81. The van der Waals surface area contributed by atoms with Crippen molar-refractivity contribution in [1.29, 1.82) is 0 Å². The van der Waals surface area contributed by atoms with E-state index in [4.69, 9.17) is 14.3 Å². The van der Waals surface area contributed by atoms with E-state index in [9.17, 15) is 14.4 Å². The number of carbonyl (C=O) groups excluding carboxylic acids is 3. The SMILES string of the molecule is CCOC(=O)C1(C(=O)OCC)CCON(c2ccccc2)C12C(=O)N(C)c1ccccc12. The number of likely N-dealkylation sites (N-methyl/N-ethyl adjacent to an activating group) is 1. The lowest BCUT2D eigenvalue weighted by Gasteiger charge is -2.52. The molecule has 1 atom stereocenters. The van der Waals surface area contributed by atoms with Gasteiger partial charge in [-0.15, -0.1) is 0 Å². The highest BCUT2D eigenvalue weighted by Crippen LogP contribution is 2.59. The molecular weight excluding hydrogens is 412 g/mol. The van der Waals surface area contributed by atoms with Crippen LogP contribution in [0, 0.1) is 5.41 Å². The highest BCUT2D eigenvalue weighted by molar-refractivity contribution is 6.18. The first kappa shape index (κ1) is 21.8. The van der Waals surface area contributed by atoms with Gasteiger partial charge in [-0.3, -0.25) is 19.2 Å². The number of para-hydroxylation sites is 2. The van der Waals surface area contributed by atoms with Crippen LogP contribution in [0.3, 0.4) is 0 Å². The van der Waals surface area contributed by atoms with Crippen LogP contribution in [0.25, 0.3) is 0 Å². The van der Waals surface area contributed by atoms with Crippen molar-refractivity contribution < 1.29 is 28.7 Å². The number of hydrogen-bond donors (Lipinski definition) is 0. The summed E-state index contributed by atoms with van der Waals surface area (Å²) in [6, 6.07) is 16.1. The van der Waals surface area contributed by atoms with E-state index in [2.05, 4.69) is 0 Å². The lowest BCUT2D eigenvalue weighted by atomic mass is 9.62. The molecule has 1 unspecified atom stereocenters. The number of fused-ring (bicyclic) bond motifs is 2. The summed E-state index contributed by atoms with van der Waals surface area (Å²) in [6.45, 7) is 3.44. The fourth-order valence-corrected chi connectivity index (χ4v) is 4.81. The molecule has 168 valence electrons. The minimum atomic E-state index is -1.97. The summed E-state index contributed by atoms with van der Waals surface area (Å²) in [5.74, 6) is -2.08. The number of carbonyl (C=O) groups is 3. The zero-order valence-corrected chi connectivity index (χ0v) is 18.4. The van der Waals surface area contributed by atoms with Gasteiger partial charge in [0.15, 0.2) is 5.54 Å². The van der Waals surface area contributed by atoms with Crippen molar-refractivity contribution in [2.24, 2.45) is 5.41 Å². The maximum atomic E-state index is 14.1. The highest BCUT2D eigenvalue weighted by Gasteiger charge is 2.76. The van der Waals surface area contributed by atoms with E-state index >= 15 is 0 Å². The Labute approximate surface area is 186 Å². The van der Waals surface area contributed by atoms with Crippen molar-refractivity contribution in [3.05, 3.63) is 60.2 Å². The van der Waals surface area contributed by atoms with Gasteiger partial charge in [0.1, 0.15) is 0 Å². The zero-order chi connectivity index (χ0) is 22.9. The lowest BCUT2D eigenvalue weighted by molar-refractivity contribution is -0.194. The smallest absolute Gasteiger partial charge is 0.327 e. The van der Waals surface area contributed by atoms with Crippen LogP contribution in [0.2, 0.25) is 0 Å². The fraction of sp³-hybridized carbons (Fsp3) is 0.375. The van der Waals surface area contributed by atoms with Gasteiger partial charge in [0.05, 0.1) is 25.5 Å². The Morgan fingerprint density at radius 2 is 1.56 bits per heavy atom. The van der Waals surface area contributed by atoms with E-state index in [1.165, 1.54) is 9.96 Å². The van der Waals surface area contributed by atoms with Crippen molar-refractivity contribution in [2.75, 3.05) is 36.8 Å². The average Bonchev–Trinajstić information content (AvgIpc) is 3.03. The summed E-state index contributed by atoms with van der Waals surface area (Å²) < 4.78 is 10.9. The molecule has 0 radical (unpaired) electrons. The molecule has 4 rings (SSSR count). The minimum absolute atomic E-state index is 0.0213. The molecule has 1 spiro atoms. The molecule has 2 aromatic rings. The average molecular weight is 438 g/mol. The largest absolute Gasteiger partial charge is 0.465 e. The number of hydroxylamine groups is 1. The number of ether oxygens (including phenoxy) is 2. The van der Waals surface area contributed by atoms with Crippen LogP contribution >= 0.6 is 0 Å². The molecule has 2 aliphatic rings. The Bertz CT molecular complexity index is 1020. The maximum absolute atomic E-state index is 14.1. The molecule has 2 heterocycles. The third-order valence-corrected chi connectivity index (χ3v) is 6.13. The van der Waals surface area contributed by atoms with E-state index in [-0.39, 0.29) is 26.2 Å². The molecule has 0 N–H and O–H groups in total. The summed E-state index contributed by atoms with van der Waals surface area (Å²) in [7, 11) is 1.62. The van der Waals surface area contributed by atoms with Crippen molar-refractivity contribution in [1.82, 2.24) is 0 Å². The van der Waals surface area contributed by atoms with Crippen LogP contribution in [-0.2, 0) is 34.2 Å². The standard InChI is InChI=1S/C24H26N2O6/c1-4-30-21(28)23(22(29)31-5-2)15-16-32-26(17-11-7-6-8-12-17)24(23)18-13-9-10-14-19(18)25(3)20(24)27/h6-14H,4-5,15-16H2,1-3H3. The molecule has 8 heteroatoms. The van der Waals surface area contributed by atoms with Crippen LogP contribution < -0.4 is 9.96 Å². The number of esters is 2. The molecule has 0 bridgehead atoms. The highest BCUT2D eigenvalue weighted by atomic mass is 16.7. The molecule has 0 aliphatic carbocycles. The van der Waals surface area contributed by atoms with E-state index in [1.807, 2.05) is 6.07 Å². The first-order chi connectivity index (χ1) is 15.5. The Kier molecular flexibility index (Phi) is 5.64. The maximum Gasteiger partial charge on any atom is 0.327 e. The zero-order valence-electron chi connectivity index (χ0n) is 18.4. The number of anilines is 2. The van der Waals surface area contributed by atoms with E-state index in [0.717, 1.165) is 0 Å². The third-order valence-electron chi connectivity index (χ3n) is 6.13. The molecule has 8 nitrogen and oxygen atoms in total. The van der Waals surface area contributed by atoms with Gasteiger partial charge in [0.25, 0.3) is 5.91 Å². The summed E-state index contributed by atoms with van der Waals surface area (Å²) in [5.41, 5.74) is -2.20. The molecule has 1 amide bonds. The van der Waals surface area contributed by atoms with Crippen LogP contribution in [0.5, 0.6) is 0 Å². The summed E-state index contributed by atoms with van der Waals surface area (Å²) in [4.78, 5) is 49.0. The summed E-state index contributed by atoms with van der Waals surface area (Å²) >= 11 is 0. The van der Waals surface area contributed by atoms with Gasteiger partial charge in [0.2, 0.25) is 5.41 Å². The van der Waals surface area contributed by atoms with Crippen molar-refractivity contribution in [2.45, 2.75) is 25.8 Å². The number of rotatable bonds is 5. The summed E-state index contributed by atoms with van der Waals surface area (Å²) in [6.07, 6.45) is -0.0675. The van der Waals surface area contributed by atoms with Gasteiger partial charge in [-0.1, -0.05) is 36.4 Å². The van der Waals surface area contributed by atoms with Gasteiger partial charge >= 0.3 is 11.9 Å². The number of nitrogens with zero attached hydrogens (tertiary/aromatic N) is 2. The molecular formula is C24H26N2O6. The van der Waals surface area contributed by atoms with Crippen LogP contribution in [0.4, 0.5) is 11.4 Å². The molecule has 2 aliphatic heterocycles. The second-order valence-corrected chi connectivity index (χ2v) is 7.65. The van der Waals surface area contributed by atoms with Crippen molar-refractivity contribution in [3.63, 3.8) is 0 Å². The second kappa shape index (κ2) is 8.27. The Morgan fingerprint density at radius 3 is 2.19 bits per heavy atom. The monoisotopic (exact) mass is 438 g/mol. The number of hydrogen-bond acceptors (Lipinski definition) is 7. The van der Waals surface area contributed by atoms with Gasteiger partial charge in [-0.25, -0.2) is 5.06 Å². The molecule has 32 heavy (non-hydrogen) atoms. The molecule has 1 fully saturated rings. The first-order valence-corrected chi connectivity index (χ1v) is 10.7. The topological polar surface area (TPSA) is 85.4 Å². The Morgan fingerprint density at radius 1 is 0.969 bits per heavy atom. The minimum Gasteiger partial charge on any atom is -0.465 e. The number of amides is 1. The van der Waals surface area contributed by atoms with Gasteiger partial charge in [0, 0.05) is 24.7 Å². The lowest BCUT2D eigenvalue weighted by Crippen LogP contribution is -2.71. The number of benzene rings is 2. The van der Waals surface area contributed by atoms with Crippen LogP contribution in [0.1, 0.15) is 25.8 Å². The Hall–Kier alpha value is -3.39. The van der Waals surface area contributed by atoms with Gasteiger partial charge < -0.3 is 14.4 Å². The quantitative estimate of drug-likeness (QED) is 0.524. The predicted molar refractivity (Wildman–Crippen MR) is 117 cm³/mol.